The average molecular weight is 227 g/mol. The molecule has 1 N–H and O–H groups in total. The molecule has 0 bridgehead atoms. The fourth-order valence-corrected chi connectivity index (χ4v) is 1.63. The van der Waals surface area contributed by atoms with E-state index in [1.807, 2.05) is 37.4 Å². The number of benzene rings is 1. The quantitative estimate of drug-likeness (QED) is 0.629. The van der Waals surface area contributed by atoms with Gasteiger partial charge in [-0.15, -0.1) is 0 Å². The third kappa shape index (κ3) is 4.48. The van der Waals surface area contributed by atoms with E-state index in [9.17, 15) is 0 Å². The first-order valence-electron chi connectivity index (χ1n) is 4.35. The van der Waals surface area contributed by atoms with Crippen molar-refractivity contribution in [3.05, 3.63) is 30.3 Å². The van der Waals surface area contributed by atoms with Gasteiger partial charge in [0, 0.05) is 12.8 Å². The van der Waals surface area contributed by atoms with Crippen LogP contribution in [0.15, 0.2) is 30.3 Å². The normalized spacial score (nSPS) is 9.50. The van der Waals surface area contributed by atoms with Gasteiger partial charge in [-0.1, -0.05) is 42.2 Å². The zero-order chi connectivity index (χ0) is 10.2. The van der Waals surface area contributed by atoms with Crippen LogP contribution in [0.25, 0.3) is 0 Å². The smallest absolute Gasteiger partial charge is 0.133 e. The van der Waals surface area contributed by atoms with Gasteiger partial charge < -0.3 is 10.1 Å². The third-order valence-corrected chi connectivity index (χ3v) is 2.93. The fourth-order valence-electron chi connectivity index (χ4n) is 0.883. The first-order chi connectivity index (χ1) is 6.83. The van der Waals surface area contributed by atoms with E-state index in [1.54, 1.807) is 11.8 Å². The van der Waals surface area contributed by atoms with Crippen LogP contribution >= 0.6 is 24.0 Å². The van der Waals surface area contributed by atoms with Crippen LogP contribution in [0.5, 0.6) is 5.75 Å². The van der Waals surface area contributed by atoms with Crippen molar-refractivity contribution in [2.24, 2.45) is 0 Å². The minimum Gasteiger partial charge on any atom is -0.493 e. The Bertz CT molecular complexity index is 277. The SMILES string of the molecule is CNC(=S)SCCOc1ccccc1. The van der Waals surface area contributed by atoms with E-state index in [0.717, 1.165) is 15.8 Å². The van der Waals surface area contributed by atoms with Gasteiger partial charge in [-0.05, 0) is 12.1 Å². The predicted octanol–water partition coefficient (Wildman–Crippen LogP) is 2.30. The molecule has 0 aromatic heterocycles. The maximum absolute atomic E-state index is 5.49. The lowest BCUT2D eigenvalue weighted by atomic mass is 10.3. The summed E-state index contributed by atoms with van der Waals surface area (Å²) in [6, 6.07) is 9.78. The van der Waals surface area contributed by atoms with Crippen molar-refractivity contribution in [3.8, 4) is 5.75 Å². The fraction of sp³-hybridized carbons (Fsp3) is 0.300. The summed E-state index contributed by atoms with van der Waals surface area (Å²) in [5.41, 5.74) is 0. The highest BCUT2D eigenvalue weighted by Gasteiger charge is 1.94. The van der Waals surface area contributed by atoms with Gasteiger partial charge in [0.25, 0.3) is 0 Å². The van der Waals surface area contributed by atoms with Crippen molar-refractivity contribution in [1.82, 2.24) is 5.32 Å². The minimum atomic E-state index is 0.677. The molecule has 2 nitrogen and oxygen atoms in total. The number of para-hydroxylation sites is 1. The molecule has 1 aromatic rings. The van der Waals surface area contributed by atoms with E-state index in [2.05, 4.69) is 5.32 Å². The van der Waals surface area contributed by atoms with Crippen molar-refractivity contribution in [2.75, 3.05) is 19.4 Å². The number of hydrogen-bond donors (Lipinski definition) is 1. The van der Waals surface area contributed by atoms with E-state index < -0.39 is 0 Å². The van der Waals surface area contributed by atoms with Gasteiger partial charge in [0.1, 0.15) is 10.1 Å². The van der Waals surface area contributed by atoms with Crippen molar-refractivity contribution in [1.29, 1.82) is 0 Å². The Labute approximate surface area is 94.0 Å². The largest absolute Gasteiger partial charge is 0.493 e. The van der Waals surface area contributed by atoms with Gasteiger partial charge >= 0.3 is 0 Å². The topological polar surface area (TPSA) is 21.3 Å². The molecular formula is C10H13NOS2. The predicted molar refractivity (Wildman–Crippen MR) is 66.1 cm³/mol. The Kier molecular flexibility index (Phi) is 5.40. The molecule has 4 heteroatoms. The highest BCUT2D eigenvalue weighted by Crippen LogP contribution is 2.09. The lowest BCUT2D eigenvalue weighted by Crippen LogP contribution is -2.13. The second-order valence-corrected chi connectivity index (χ2v) is 4.32. The second-order valence-electron chi connectivity index (χ2n) is 2.55. The van der Waals surface area contributed by atoms with Crippen LogP contribution in [-0.2, 0) is 0 Å². The molecule has 0 saturated carbocycles. The zero-order valence-corrected chi connectivity index (χ0v) is 9.66. The van der Waals surface area contributed by atoms with E-state index in [1.165, 1.54) is 0 Å². The van der Waals surface area contributed by atoms with Crippen molar-refractivity contribution in [2.45, 2.75) is 0 Å². The standard InChI is InChI=1S/C10H13NOS2/c1-11-10(13)14-8-7-12-9-5-3-2-4-6-9/h2-6H,7-8H2,1H3,(H,11,13). The lowest BCUT2D eigenvalue weighted by molar-refractivity contribution is 0.344. The molecule has 0 fully saturated rings. The summed E-state index contributed by atoms with van der Waals surface area (Å²) in [7, 11) is 1.83. The van der Waals surface area contributed by atoms with E-state index in [4.69, 9.17) is 17.0 Å². The van der Waals surface area contributed by atoms with Crippen molar-refractivity contribution in [3.63, 3.8) is 0 Å². The lowest BCUT2D eigenvalue weighted by Gasteiger charge is -2.05. The summed E-state index contributed by atoms with van der Waals surface area (Å²) in [5, 5.41) is 2.90. The molecule has 0 radical (unpaired) electrons. The van der Waals surface area contributed by atoms with Crippen LogP contribution in [0.1, 0.15) is 0 Å². The summed E-state index contributed by atoms with van der Waals surface area (Å²) >= 11 is 6.57. The number of ether oxygens (including phenoxy) is 1. The van der Waals surface area contributed by atoms with Gasteiger partial charge in [0.05, 0.1) is 6.61 Å². The molecule has 0 amide bonds. The number of rotatable bonds is 4. The highest BCUT2D eigenvalue weighted by molar-refractivity contribution is 8.22. The Morgan fingerprint density at radius 3 is 2.79 bits per heavy atom. The molecule has 76 valence electrons. The molecule has 0 aliphatic heterocycles. The van der Waals surface area contributed by atoms with Crippen LogP contribution in [0, 0.1) is 0 Å². The van der Waals surface area contributed by atoms with Crippen LogP contribution < -0.4 is 10.1 Å². The van der Waals surface area contributed by atoms with Gasteiger partial charge in [0.15, 0.2) is 0 Å². The highest BCUT2D eigenvalue weighted by atomic mass is 32.2. The van der Waals surface area contributed by atoms with E-state index in [0.29, 0.717) is 6.61 Å². The molecule has 0 aliphatic carbocycles. The molecule has 0 aliphatic rings. The summed E-state index contributed by atoms with van der Waals surface area (Å²) in [5.74, 6) is 1.78. The first kappa shape index (κ1) is 11.3. The summed E-state index contributed by atoms with van der Waals surface area (Å²) in [6.07, 6.45) is 0. The van der Waals surface area contributed by atoms with E-state index >= 15 is 0 Å². The van der Waals surface area contributed by atoms with Crippen LogP contribution in [-0.4, -0.2) is 23.7 Å². The Morgan fingerprint density at radius 1 is 1.43 bits per heavy atom. The van der Waals surface area contributed by atoms with Crippen LogP contribution in [0.2, 0.25) is 0 Å². The summed E-state index contributed by atoms with van der Waals surface area (Å²) in [4.78, 5) is 0. The summed E-state index contributed by atoms with van der Waals surface area (Å²) in [6.45, 7) is 0.677. The van der Waals surface area contributed by atoms with Crippen LogP contribution in [0.3, 0.4) is 0 Å². The minimum absolute atomic E-state index is 0.677. The van der Waals surface area contributed by atoms with Gasteiger partial charge in [-0.3, -0.25) is 0 Å². The molecule has 0 spiro atoms. The third-order valence-electron chi connectivity index (χ3n) is 1.53. The summed E-state index contributed by atoms with van der Waals surface area (Å²) < 4.78 is 6.30. The van der Waals surface area contributed by atoms with Crippen molar-refractivity contribution >= 4 is 28.3 Å². The maximum Gasteiger partial charge on any atom is 0.133 e. The molecular weight excluding hydrogens is 214 g/mol. The number of nitrogens with one attached hydrogen (secondary N) is 1. The number of thioether (sulfide) groups is 1. The Morgan fingerprint density at radius 2 is 2.14 bits per heavy atom. The average Bonchev–Trinajstić information content (AvgIpc) is 2.25. The Hall–Kier alpha value is -0.740. The number of thiocarbonyl (C=S) groups is 1. The zero-order valence-electron chi connectivity index (χ0n) is 8.03. The molecule has 0 atom stereocenters. The molecule has 1 aromatic carbocycles. The maximum atomic E-state index is 5.49. The second kappa shape index (κ2) is 6.68. The van der Waals surface area contributed by atoms with E-state index in [-0.39, 0.29) is 0 Å². The molecule has 0 heterocycles. The van der Waals surface area contributed by atoms with Crippen molar-refractivity contribution < 1.29 is 4.74 Å². The molecule has 14 heavy (non-hydrogen) atoms. The monoisotopic (exact) mass is 227 g/mol. The van der Waals surface area contributed by atoms with Gasteiger partial charge in [-0.25, -0.2) is 0 Å². The van der Waals surface area contributed by atoms with Gasteiger partial charge in [0.2, 0.25) is 0 Å². The van der Waals surface area contributed by atoms with Gasteiger partial charge in [-0.2, -0.15) is 0 Å². The molecule has 0 unspecified atom stereocenters. The van der Waals surface area contributed by atoms with Crippen LogP contribution in [0.4, 0.5) is 0 Å². The first-order valence-corrected chi connectivity index (χ1v) is 5.74. The Balaban J connectivity index is 2.13. The number of hydrogen-bond acceptors (Lipinski definition) is 3. The molecule has 1 rings (SSSR count). The molecule has 0 saturated heterocycles.